The maximum Gasteiger partial charge on any atom is 0.302 e. The lowest BCUT2D eigenvalue weighted by Gasteiger charge is -2.05. The average Bonchev–Trinajstić information content (AvgIpc) is 2.48. The molecule has 2 rings (SSSR count). The van der Waals surface area contributed by atoms with Crippen molar-refractivity contribution in [3.8, 4) is 17.0 Å². The molecule has 0 spiro atoms. The third-order valence-corrected chi connectivity index (χ3v) is 2.45. The number of hydrazine groups is 1. The Balaban J connectivity index is 2.28. The SMILES string of the molecule is CCOc1ccc(-c2ccnc(C(=O)NN)n2)cc1. The third kappa shape index (κ3) is 3.05. The normalized spacial score (nSPS) is 10.0. The molecule has 0 bridgehead atoms. The van der Waals surface area contributed by atoms with Crippen LogP contribution in [-0.4, -0.2) is 22.5 Å². The molecule has 1 amide bonds. The highest BCUT2D eigenvalue weighted by molar-refractivity contribution is 5.90. The Morgan fingerprint density at radius 1 is 1.32 bits per heavy atom. The fraction of sp³-hybridized carbons (Fsp3) is 0.154. The summed E-state index contributed by atoms with van der Waals surface area (Å²) in [5, 5.41) is 0. The summed E-state index contributed by atoms with van der Waals surface area (Å²) in [4.78, 5) is 19.4. The lowest BCUT2D eigenvalue weighted by molar-refractivity contribution is 0.0943. The van der Waals surface area contributed by atoms with Gasteiger partial charge in [-0.1, -0.05) is 0 Å². The van der Waals surface area contributed by atoms with Gasteiger partial charge in [0.1, 0.15) is 5.75 Å². The van der Waals surface area contributed by atoms with Crippen molar-refractivity contribution in [3.63, 3.8) is 0 Å². The van der Waals surface area contributed by atoms with E-state index in [1.165, 1.54) is 6.20 Å². The van der Waals surface area contributed by atoms with E-state index < -0.39 is 5.91 Å². The molecule has 1 aromatic carbocycles. The van der Waals surface area contributed by atoms with Crippen molar-refractivity contribution >= 4 is 5.91 Å². The smallest absolute Gasteiger partial charge is 0.302 e. The monoisotopic (exact) mass is 258 g/mol. The van der Waals surface area contributed by atoms with Gasteiger partial charge in [0.2, 0.25) is 5.82 Å². The molecule has 0 aliphatic rings. The first-order valence-corrected chi connectivity index (χ1v) is 5.82. The van der Waals surface area contributed by atoms with E-state index in [4.69, 9.17) is 10.6 Å². The van der Waals surface area contributed by atoms with E-state index in [9.17, 15) is 4.79 Å². The molecule has 6 heteroatoms. The van der Waals surface area contributed by atoms with E-state index in [0.29, 0.717) is 12.3 Å². The van der Waals surface area contributed by atoms with Gasteiger partial charge in [0.15, 0.2) is 0 Å². The van der Waals surface area contributed by atoms with Gasteiger partial charge in [-0.25, -0.2) is 15.8 Å². The molecule has 1 heterocycles. The zero-order valence-corrected chi connectivity index (χ0v) is 10.5. The lowest BCUT2D eigenvalue weighted by atomic mass is 10.1. The molecule has 0 radical (unpaired) electrons. The van der Waals surface area contributed by atoms with Crippen LogP contribution in [0.3, 0.4) is 0 Å². The average molecular weight is 258 g/mol. The Bertz CT molecular complexity index is 569. The van der Waals surface area contributed by atoms with Gasteiger partial charge in [-0.15, -0.1) is 0 Å². The van der Waals surface area contributed by atoms with Gasteiger partial charge in [0.25, 0.3) is 0 Å². The lowest BCUT2D eigenvalue weighted by Crippen LogP contribution is -2.31. The number of rotatable bonds is 4. The van der Waals surface area contributed by atoms with Crippen LogP contribution < -0.4 is 16.0 Å². The van der Waals surface area contributed by atoms with Gasteiger partial charge >= 0.3 is 5.91 Å². The van der Waals surface area contributed by atoms with Crippen molar-refractivity contribution in [2.75, 3.05) is 6.61 Å². The highest BCUT2D eigenvalue weighted by Gasteiger charge is 2.08. The molecule has 0 fully saturated rings. The van der Waals surface area contributed by atoms with Crippen LogP contribution in [0.15, 0.2) is 36.5 Å². The number of nitrogens with zero attached hydrogens (tertiary/aromatic N) is 2. The van der Waals surface area contributed by atoms with Crippen LogP contribution in [0.5, 0.6) is 5.75 Å². The van der Waals surface area contributed by atoms with Gasteiger partial charge in [-0.3, -0.25) is 10.2 Å². The molecule has 0 saturated carbocycles. The Morgan fingerprint density at radius 3 is 2.68 bits per heavy atom. The largest absolute Gasteiger partial charge is 0.494 e. The number of hydrogen-bond donors (Lipinski definition) is 2. The van der Waals surface area contributed by atoms with E-state index in [2.05, 4.69) is 9.97 Å². The number of nitrogens with two attached hydrogens (primary N) is 1. The number of nitrogen functional groups attached to an aromatic ring is 1. The number of nitrogens with one attached hydrogen (secondary N) is 1. The summed E-state index contributed by atoms with van der Waals surface area (Å²) in [6, 6.07) is 9.17. The van der Waals surface area contributed by atoms with Crippen molar-refractivity contribution in [1.82, 2.24) is 15.4 Å². The molecule has 6 nitrogen and oxygen atoms in total. The fourth-order valence-corrected chi connectivity index (χ4v) is 1.58. The van der Waals surface area contributed by atoms with Crippen molar-refractivity contribution in [1.29, 1.82) is 0 Å². The summed E-state index contributed by atoms with van der Waals surface area (Å²) >= 11 is 0. The first-order chi connectivity index (χ1) is 9.24. The Morgan fingerprint density at radius 2 is 2.05 bits per heavy atom. The molecule has 19 heavy (non-hydrogen) atoms. The second kappa shape index (κ2) is 5.92. The van der Waals surface area contributed by atoms with Gasteiger partial charge < -0.3 is 4.74 Å². The Kier molecular flexibility index (Phi) is 4.04. The quantitative estimate of drug-likeness (QED) is 0.487. The predicted molar refractivity (Wildman–Crippen MR) is 70.3 cm³/mol. The highest BCUT2D eigenvalue weighted by atomic mass is 16.5. The van der Waals surface area contributed by atoms with Crippen LogP contribution in [0.4, 0.5) is 0 Å². The van der Waals surface area contributed by atoms with Crippen LogP contribution in [0.25, 0.3) is 11.3 Å². The van der Waals surface area contributed by atoms with Crippen LogP contribution >= 0.6 is 0 Å². The minimum absolute atomic E-state index is 0.0360. The van der Waals surface area contributed by atoms with E-state index in [1.807, 2.05) is 36.6 Å². The van der Waals surface area contributed by atoms with Gasteiger partial charge in [0, 0.05) is 11.8 Å². The topological polar surface area (TPSA) is 90.1 Å². The predicted octanol–water partition coefficient (Wildman–Crippen LogP) is 1.15. The molecule has 0 unspecified atom stereocenters. The standard InChI is InChI=1S/C13H14N4O2/c1-2-19-10-5-3-9(4-6-10)11-7-8-15-12(16-11)13(18)17-14/h3-8H,2,14H2,1H3,(H,17,18). The summed E-state index contributed by atoms with van der Waals surface area (Å²) in [6.45, 7) is 2.55. The van der Waals surface area contributed by atoms with E-state index >= 15 is 0 Å². The molecule has 3 N–H and O–H groups in total. The second-order valence-electron chi connectivity index (χ2n) is 3.70. The maximum atomic E-state index is 11.4. The molecule has 0 aliphatic heterocycles. The molecular weight excluding hydrogens is 244 g/mol. The molecule has 0 aliphatic carbocycles. The van der Waals surface area contributed by atoms with E-state index in [1.54, 1.807) is 6.07 Å². The molecular formula is C13H14N4O2. The molecule has 1 aromatic heterocycles. The third-order valence-electron chi connectivity index (χ3n) is 2.45. The molecule has 98 valence electrons. The summed E-state index contributed by atoms with van der Waals surface area (Å²) < 4.78 is 5.36. The fourth-order valence-electron chi connectivity index (χ4n) is 1.58. The minimum atomic E-state index is -0.521. The summed E-state index contributed by atoms with van der Waals surface area (Å²) in [5.74, 6) is 5.36. The molecule has 0 atom stereocenters. The number of benzene rings is 1. The van der Waals surface area contributed by atoms with Crippen LogP contribution in [0.2, 0.25) is 0 Å². The Labute approximate surface area is 110 Å². The van der Waals surface area contributed by atoms with Crippen molar-refractivity contribution in [3.05, 3.63) is 42.4 Å². The molecule has 0 saturated heterocycles. The first kappa shape index (κ1) is 13.0. The summed E-state index contributed by atoms with van der Waals surface area (Å²) in [5.41, 5.74) is 3.52. The van der Waals surface area contributed by atoms with Gasteiger partial charge in [-0.05, 0) is 37.3 Å². The van der Waals surface area contributed by atoms with Crippen molar-refractivity contribution in [2.24, 2.45) is 5.84 Å². The second-order valence-corrected chi connectivity index (χ2v) is 3.70. The zero-order valence-electron chi connectivity index (χ0n) is 10.5. The number of carbonyl (C=O) groups excluding carboxylic acids is 1. The van der Waals surface area contributed by atoms with Crippen molar-refractivity contribution in [2.45, 2.75) is 6.92 Å². The number of carbonyl (C=O) groups is 1. The summed E-state index contributed by atoms with van der Waals surface area (Å²) in [6.07, 6.45) is 1.52. The van der Waals surface area contributed by atoms with Crippen molar-refractivity contribution < 1.29 is 9.53 Å². The number of amides is 1. The number of aromatic nitrogens is 2. The van der Waals surface area contributed by atoms with Crippen LogP contribution in [0, 0.1) is 0 Å². The minimum Gasteiger partial charge on any atom is -0.494 e. The zero-order chi connectivity index (χ0) is 13.7. The Hall–Kier alpha value is -2.47. The highest BCUT2D eigenvalue weighted by Crippen LogP contribution is 2.20. The maximum absolute atomic E-state index is 11.4. The number of hydrogen-bond acceptors (Lipinski definition) is 5. The van der Waals surface area contributed by atoms with Gasteiger partial charge in [-0.2, -0.15) is 0 Å². The van der Waals surface area contributed by atoms with Crippen LogP contribution in [-0.2, 0) is 0 Å². The van der Waals surface area contributed by atoms with E-state index in [-0.39, 0.29) is 5.82 Å². The summed E-state index contributed by atoms with van der Waals surface area (Å²) in [7, 11) is 0. The first-order valence-electron chi connectivity index (χ1n) is 5.82. The molecule has 2 aromatic rings. The van der Waals surface area contributed by atoms with E-state index in [0.717, 1.165) is 11.3 Å². The van der Waals surface area contributed by atoms with Crippen LogP contribution in [0.1, 0.15) is 17.5 Å². The number of ether oxygens (including phenoxy) is 1. The van der Waals surface area contributed by atoms with Gasteiger partial charge in [0.05, 0.1) is 12.3 Å².